The predicted octanol–water partition coefficient (Wildman–Crippen LogP) is 2.02. The molecule has 0 amide bonds. The molecule has 0 aliphatic rings. The third kappa shape index (κ3) is 1.88. The normalized spacial score (nSPS) is 10.6. The molecule has 5 heteroatoms. The van der Waals surface area contributed by atoms with E-state index in [4.69, 9.17) is 11.6 Å². The summed E-state index contributed by atoms with van der Waals surface area (Å²) in [5.41, 5.74) is 3.49. The lowest BCUT2D eigenvalue weighted by atomic mass is 10.1. The molecule has 1 heterocycles. The van der Waals surface area contributed by atoms with Gasteiger partial charge in [-0.3, -0.25) is 4.79 Å². The fourth-order valence-electron chi connectivity index (χ4n) is 1.63. The van der Waals surface area contributed by atoms with E-state index >= 15 is 0 Å². The number of aromatic nitrogens is 2. The number of nitrogens with zero attached hydrogens (tertiary/aromatic N) is 1. The number of hydrogen-bond acceptors (Lipinski definition) is 3. The molecular formula is C11H11ClN2O2. The van der Waals surface area contributed by atoms with Gasteiger partial charge in [-0.05, 0) is 11.1 Å². The fraction of sp³-hybridized carbons (Fsp3) is 0.273. The second-order valence-corrected chi connectivity index (χ2v) is 3.66. The number of methoxy groups -OCH3 is 1. The number of carbonyl (C=O) groups excluding carboxylic acids is 1. The van der Waals surface area contributed by atoms with Crippen LogP contribution in [-0.4, -0.2) is 23.0 Å². The van der Waals surface area contributed by atoms with Crippen molar-refractivity contribution in [1.29, 1.82) is 0 Å². The number of hydrogen-bond donors (Lipinski definition) is 1. The third-order valence-electron chi connectivity index (χ3n) is 2.46. The first-order valence-electron chi connectivity index (χ1n) is 4.83. The average Bonchev–Trinajstić information content (AvgIpc) is 2.78. The van der Waals surface area contributed by atoms with Crippen LogP contribution in [0.4, 0.5) is 0 Å². The highest BCUT2D eigenvalue weighted by Crippen LogP contribution is 2.21. The lowest BCUT2D eigenvalue weighted by molar-refractivity contribution is -0.139. The Labute approximate surface area is 97.6 Å². The molecule has 84 valence electrons. The molecule has 1 aromatic heterocycles. The van der Waals surface area contributed by atoms with Gasteiger partial charge in [0.05, 0.1) is 30.9 Å². The largest absolute Gasteiger partial charge is 0.469 e. The number of imidazole rings is 1. The minimum atomic E-state index is -0.275. The van der Waals surface area contributed by atoms with Crippen LogP contribution in [-0.2, 0) is 21.8 Å². The lowest BCUT2D eigenvalue weighted by Gasteiger charge is -2.04. The van der Waals surface area contributed by atoms with Crippen molar-refractivity contribution in [3.05, 3.63) is 29.6 Å². The van der Waals surface area contributed by atoms with E-state index in [9.17, 15) is 4.79 Å². The van der Waals surface area contributed by atoms with Gasteiger partial charge in [-0.2, -0.15) is 0 Å². The summed E-state index contributed by atoms with van der Waals surface area (Å²) in [6.07, 6.45) is 1.82. The van der Waals surface area contributed by atoms with Crippen molar-refractivity contribution < 1.29 is 9.53 Å². The minimum absolute atomic E-state index is 0.223. The molecule has 0 aliphatic carbocycles. The molecule has 0 saturated carbocycles. The van der Waals surface area contributed by atoms with Crippen molar-refractivity contribution in [2.45, 2.75) is 12.3 Å². The number of alkyl halides is 1. The molecule has 2 rings (SSSR count). The number of carbonyl (C=O) groups is 1. The summed E-state index contributed by atoms with van der Waals surface area (Å²) in [7, 11) is 1.37. The number of fused-ring (bicyclic) bond motifs is 1. The van der Waals surface area contributed by atoms with Crippen LogP contribution in [0.5, 0.6) is 0 Å². The Morgan fingerprint density at radius 1 is 1.50 bits per heavy atom. The number of rotatable bonds is 3. The van der Waals surface area contributed by atoms with Crippen molar-refractivity contribution in [2.24, 2.45) is 0 Å². The van der Waals surface area contributed by atoms with E-state index in [1.54, 1.807) is 6.33 Å². The molecule has 0 bridgehead atoms. The first-order valence-corrected chi connectivity index (χ1v) is 5.36. The first-order chi connectivity index (χ1) is 7.76. The van der Waals surface area contributed by atoms with Gasteiger partial charge >= 0.3 is 5.97 Å². The zero-order chi connectivity index (χ0) is 11.5. The quantitative estimate of drug-likeness (QED) is 0.658. The minimum Gasteiger partial charge on any atom is -0.469 e. The third-order valence-corrected chi connectivity index (χ3v) is 2.74. The van der Waals surface area contributed by atoms with E-state index in [0.29, 0.717) is 5.88 Å². The molecular weight excluding hydrogens is 228 g/mol. The Hall–Kier alpha value is -1.55. The molecule has 1 N–H and O–H groups in total. The van der Waals surface area contributed by atoms with Gasteiger partial charge in [-0.25, -0.2) is 4.98 Å². The van der Waals surface area contributed by atoms with Crippen LogP contribution >= 0.6 is 11.6 Å². The maximum Gasteiger partial charge on any atom is 0.310 e. The van der Waals surface area contributed by atoms with Crippen LogP contribution in [0.1, 0.15) is 11.1 Å². The molecule has 0 atom stereocenters. The SMILES string of the molecule is COC(=O)Cc1ccc(CCl)c2[nH]cnc12. The molecule has 2 aromatic rings. The Balaban J connectivity index is 2.47. The molecule has 16 heavy (non-hydrogen) atoms. The second-order valence-electron chi connectivity index (χ2n) is 3.40. The molecule has 1 aromatic carbocycles. The molecule has 0 spiro atoms. The van der Waals surface area contributed by atoms with Gasteiger partial charge in [-0.15, -0.1) is 11.6 Å². The predicted molar refractivity (Wildman–Crippen MR) is 61.4 cm³/mol. The van der Waals surface area contributed by atoms with Crippen LogP contribution in [0.15, 0.2) is 18.5 Å². The van der Waals surface area contributed by atoms with E-state index in [-0.39, 0.29) is 12.4 Å². The maximum absolute atomic E-state index is 11.2. The Morgan fingerprint density at radius 3 is 2.94 bits per heavy atom. The highest BCUT2D eigenvalue weighted by atomic mass is 35.5. The van der Waals surface area contributed by atoms with E-state index in [1.807, 2.05) is 12.1 Å². The molecule has 0 saturated heterocycles. The van der Waals surface area contributed by atoms with E-state index in [1.165, 1.54) is 7.11 Å². The second kappa shape index (κ2) is 4.53. The zero-order valence-corrected chi connectivity index (χ0v) is 9.54. The van der Waals surface area contributed by atoms with E-state index in [0.717, 1.165) is 22.2 Å². The molecule has 0 fully saturated rings. The van der Waals surface area contributed by atoms with Crippen molar-refractivity contribution in [2.75, 3.05) is 7.11 Å². The van der Waals surface area contributed by atoms with Crippen molar-refractivity contribution in [3.63, 3.8) is 0 Å². The summed E-state index contributed by atoms with van der Waals surface area (Å²) >= 11 is 5.81. The standard InChI is InChI=1S/C11H11ClN2O2/c1-16-9(15)4-7-2-3-8(5-12)11-10(7)13-6-14-11/h2-3,6H,4-5H2,1H3,(H,13,14). The van der Waals surface area contributed by atoms with Gasteiger partial charge in [0.25, 0.3) is 0 Å². The van der Waals surface area contributed by atoms with Gasteiger partial charge in [0.15, 0.2) is 0 Å². The van der Waals surface area contributed by atoms with Crippen LogP contribution < -0.4 is 0 Å². The van der Waals surface area contributed by atoms with Crippen LogP contribution in [0.3, 0.4) is 0 Å². The summed E-state index contributed by atoms with van der Waals surface area (Å²) in [6, 6.07) is 3.75. The highest BCUT2D eigenvalue weighted by molar-refractivity contribution is 6.17. The van der Waals surface area contributed by atoms with E-state index in [2.05, 4.69) is 14.7 Å². The van der Waals surface area contributed by atoms with Crippen LogP contribution in [0.2, 0.25) is 0 Å². The van der Waals surface area contributed by atoms with Crippen LogP contribution in [0.25, 0.3) is 11.0 Å². The number of benzene rings is 1. The van der Waals surface area contributed by atoms with Crippen molar-refractivity contribution in [1.82, 2.24) is 9.97 Å². The fourth-order valence-corrected chi connectivity index (χ4v) is 1.85. The van der Waals surface area contributed by atoms with Gasteiger partial charge in [-0.1, -0.05) is 12.1 Å². The number of aromatic amines is 1. The van der Waals surface area contributed by atoms with Crippen molar-refractivity contribution in [3.8, 4) is 0 Å². The lowest BCUT2D eigenvalue weighted by Crippen LogP contribution is -2.05. The molecule has 0 unspecified atom stereocenters. The van der Waals surface area contributed by atoms with E-state index < -0.39 is 0 Å². The first kappa shape index (κ1) is 11.0. The topological polar surface area (TPSA) is 55.0 Å². The van der Waals surface area contributed by atoms with Crippen LogP contribution in [0, 0.1) is 0 Å². The van der Waals surface area contributed by atoms with Crippen molar-refractivity contribution >= 4 is 28.6 Å². The molecule has 4 nitrogen and oxygen atoms in total. The number of esters is 1. The monoisotopic (exact) mass is 238 g/mol. The highest BCUT2D eigenvalue weighted by Gasteiger charge is 2.11. The number of ether oxygens (including phenoxy) is 1. The average molecular weight is 239 g/mol. The Kier molecular flexibility index (Phi) is 3.10. The number of nitrogens with one attached hydrogen (secondary N) is 1. The molecule has 0 aliphatic heterocycles. The number of H-pyrrole nitrogens is 1. The summed E-state index contributed by atoms with van der Waals surface area (Å²) < 4.78 is 4.63. The Morgan fingerprint density at radius 2 is 2.25 bits per heavy atom. The van der Waals surface area contributed by atoms with Gasteiger partial charge in [0.1, 0.15) is 0 Å². The summed E-state index contributed by atoms with van der Waals surface area (Å²) in [4.78, 5) is 18.4. The smallest absolute Gasteiger partial charge is 0.310 e. The number of halogens is 1. The van der Waals surface area contributed by atoms with Gasteiger partial charge < -0.3 is 9.72 Å². The maximum atomic E-state index is 11.2. The van der Waals surface area contributed by atoms with Gasteiger partial charge in [0.2, 0.25) is 0 Å². The van der Waals surface area contributed by atoms with Gasteiger partial charge in [0, 0.05) is 5.88 Å². The zero-order valence-electron chi connectivity index (χ0n) is 8.79. The summed E-state index contributed by atoms with van der Waals surface area (Å²) in [5, 5.41) is 0. The molecule has 0 radical (unpaired) electrons. The summed E-state index contributed by atoms with van der Waals surface area (Å²) in [5.74, 6) is 0.139. The Bertz CT molecular complexity index is 522. The summed E-state index contributed by atoms with van der Waals surface area (Å²) in [6.45, 7) is 0.